The molecule has 0 atom stereocenters. The van der Waals surface area contributed by atoms with Gasteiger partial charge in [-0.25, -0.2) is 4.74 Å². The Kier molecular flexibility index (Phi) is 4.95. The zero-order valence-electron chi connectivity index (χ0n) is 8.76. The van der Waals surface area contributed by atoms with E-state index >= 15 is 0 Å². The Morgan fingerprint density at radius 2 is 1.83 bits per heavy atom. The van der Waals surface area contributed by atoms with Gasteiger partial charge in [-0.05, 0) is 6.42 Å². The van der Waals surface area contributed by atoms with E-state index in [9.17, 15) is 5.21 Å². The van der Waals surface area contributed by atoms with Crippen molar-refractivity contribution in [1.29, 1.82) is 0 Å². The Labute approximate surface area is 75.9 Å². The lowest BCUT2D eigenvalue weighted by atomic mass is 10.1. The van der Waals surface area contributed by atoms with Crippen LogP contribution >= 0.6 is 0 Å². The fraction of sp³-hybridized carbons (Fsp3) is 0.900. The SMILES string of the molecule is CCCCCC=[N+]([O-])C(C)(C)C. The van der Waals surface area contributed by atoms with Gasteiger partial charge >= 0.3 is 0 Å². The van der Waals surface area contributed by atoms with Gasteiger partial charge in [0.1, 0.15) is 0 Å². The van der Waals surface area contributed by atoms with Gasteiger partial charge in [-0.3, -0.25) is 0 Å². The van der Waals surface area contributed by atoms with Crippen molar-refractivity contribution in [3.05, 3.63) is 5.21 Å². The molecule has 0 aromatic rings. The van der Waals surface area contributed by atoms with Gasteiger partial charge in [-0.15, -0.1) is 0 Å². The van der Waals surface area contributed by atoms with Crippen molar-refractivity contribution in [3.8, 4) is 0 Å². The minimum absolute atomic E-state index is 0.272. The van der Waals surface area contributed by atoms with Crippen LogP contribution in [0.15, 0.2) is 0 Å². The Morgan fingerprint density at radius 3 is 2.25 bits per heavy atom. The molecule has 0 unspecified atom stereocenters. The van der Waals surface area contributed by atoms with Crippen LogP contribution in [0.5, 0.6) is 0 Å². The maximum atomic E-state index is 11.3. The third-order valence-corrected chi connectivity index (χ3v) is 1.76. The number of hydrogen-bond donors (Lipinski definition) is 0. The van der Waals surface area contributed by atoms with E-state index < -0.39 is 0 Å². The first kappa shape index (κ1) is 11.5. The molecule has 0 saturated heterocycles. The van der Waals surface area contributed by atoms with Crippen LogP contribution in [0.2, 0.25) is 0 Å². The molecule has 0 aliphatic rings. The summed E-state index contributed by atoms with van der Waals surface area (Å²) in [5, 5.41) is 11.3. The molecule has 2 nitrogen and oxygen atoms in total. The van der Waals surface area contributed by atoms with Gasteiger partial charge in [-0.1, -0.05) is 19.8 Å². The summed E-state index contributed by atoms with van der Waals surface area (Å²) in [6, 6.07) is 0. The van der Waals surface area contributed by atoms with E-state index in [-0.39, 0.29) is 5.54 Å². The average Bonchev–Trinajstić information content (AvgIpc) is 1.96. The lowest BCUT2D eigenvalue weighted by Gasteiger charge is -2.18. The minimum atomic E-state index is -0.272. The third kappa shape index (κ3) is 5.16. The van der Waals surface area contributed by atoms with Crippen LogP contribution in [0.25, 0.3) is 0 Å². The summed E-state index contributed by atoms with van der Waals surface area (Å²) in [5.74, 6) is 0. The zero-order chi connectivity index (χ0) is 9.61. The van der Waals surface area contributed by atoms with Gasteiger partial charge in [0.25, 0.3) is 0 Å². The van der Waals surface area contributed by atoms with Crippen LogP contribution in [0.4, 0.5) is 0 Å². The predicted molar refractivity (Wildman–Crippen MR) is 53.6 cm³/mol. The highest BCUT2D eigenvalue weighted by Gasteiger charge is 2.17. The summed E-state index contributed by atoms with van der Waals surface area (Å²) < 4.78 is 1.06. The minimum Gasteiger partial charge on any atom is -0.624 e. The molecule has 0 rings (SSSR count). The first-order chi connectivity index (χ1) is 5.48. The van der Waals surface area contributed by atoms with Crippen LogP contribution in [0.3, 0.4) is 0 Å². The Morgan fingerprint density at radius 1 is 1.25 bits per heavy atom. The molecule has 0 heterocycles. The summed E-state index contributed by atoms with van der Waals surface area (Å²) >= 11 is 0. The van der Waals surface area contributed by atoms with Gasteiger partial charge in [0.05, 0.1) is 0 Å². The van der Waals surface area contributed by atoms with E-state index in [0.717, 1.165) is 17.6 Å². The number of hydrogen-bond acceptors (Lipinski definition) is 1. The van der Waals surface area contributed by atoms with E-state index in [4.69, 9.17) is 0 Å². The highest BCUT2D eigenvalue weighted by atomic mass is 16.5. The smallest absolute Gasteiger partial charge is 0.164 e. The Bertz CT molecular complexity index is 144. The van der Waals surface area contributed by atoms with Crippen LogP contribution in [0, 0.1) is 5.21 Å². The van der Waals surface area contributed by atoms with Gasteiger partial charge in [-0.2, -0.15) is 0 Å². The van der Waals surface area contributed by atoms with Gasteiger partial charge in [0.2, 0.25) is 0 Å². The molecule has 0 N–H and O–H groups in total. The van der Waals surface area contributed by atoms with Crippen LogP contribution in [-0.4, -0.2) is 16.5 Å². The molecule has 0 spiro atoms. The summed E-state index contributed by atoms with van der Waals surface area (Å²) in [6.45, 7) is 7.95. The molecule has 0 bridgehead atoms. The van der Waals surface area contributed by atoms with Crippen molar-refractivity contribution >= 4 is 6.21 Å². The largest absolute Gasteiger partial charge is 0.624 e. The Balaban J connectivity index is 3.70. The van der Waals surface area contributed by atoms with Crippen molar-refractivity contribution < 1.29 is 4.74 Å². The van der Waals surface area contributed by atoms with E-state index in [0.29, 0.717) is 0 Å². The monoisotopic (exact) mass is 171 g/mol. The molecule has 0 amide bonds. The van der Waals surface area contributed by atoms with Crippen LogP contribution in [0.1, 0.15) is 53.4 Å². The number of unbranched alkanes of at least 4 members (excludes halogenated alkanes) is 3. The van der Waals surface area contributed by atoms with Crippen molar-refractivity contribution in [2.24, 2.45) is 0 Å². The fourth-order valence-electron chi connectivity index (χ4n) is 0.877. The second kappa shape index (κ2) is 5.18. The van der Waals surface area contributed by atoms with Crippen LogP contribution in [-0.2, 0) is 0 Å². The second-order valence-corrected chi connectivity index (χ2v) is 4.17. The molecule has 2 heteroatoms. The third-order valence-electron chi connectivity index (χ3n) is 1.76. The Hall–Kier alpha value is -0.530. The highest BCUT2D eigenvalue weighted by molar-refractivity contribution is 5.51. The van der Waals surface area contributed by atoms with Crippen molar-refractivity contribution in [2.45, 2.75) is 58.9 Å². The van der Waals surface area contributed by atoms with Crippen molar-refractivity contribution in [3.63, 3.8) is 0 Å². The van der Waals surface area contributed by atoms with E-state index in [1.807, 2.05) is 20.8 Å². The topological polar surface area (TPSA) is 26.1 Å². The van der Waals surface area contributed by atoms with Gasteiger partial charge in [0.15, 0.2) is 11.8 Å². The normalized spacial score (nSPS) is 13.5. The molecule has 72 valence electrons. The molecule has 0 saturated carbocycles. The molecule has 0 aliphatic carbocycles. The predicted octanol–water partition coefficient (Wildman–Crippen LogP) is 2.95. The van der Waals surface area contributed by atoms with Gasteiger partial charge < -0.3 is 5.21 Å². The number of rotatable bonds is 4. The quantitative estimate of drug-likeness (QED) is 0.210. The van der Waals surface area contributed by atoms with Crippen molar-refractivity contribution in [1.82, 2.24) is 0 Å². The van der Waals surface area contributed by atoms with E-state index in [2.05, 4.69) is 6.92 Å². The molecular formula is C10H21NO. The van der Waals surface area contributed by atoms with Gasteiger partial charge in [0, 0.05) is 27.2 Å². The van der Waals surface area contributed by atoms with Crippen LogP contribution < -0.4 is 0 Å². The lowest BCUT2D eigenvalue weighted by Crippen LogP contribution is -2.29. The van der Waals surface area contributed by atoms with E-state index in [1.54, 1.807) is 6.21 Å². The first-order valence-corrected chi connectivity index (χ1v) is 4.78. The summed E-state index contributed by atoms with van der Waals surface area (Å²) in [4.78, 5) is 0. The molecule has 0 aromatic carbocycles. The molecule has 0 aromatic heterocycles. The molecule has 0 fully saturated rings. The fourth-order valence-corrected chi connectivity index (χ4v) is 0.877. The molecule has 0 aliphatic heterocycles. The zero-order valence-corrected chi connectivity index (χ0v) is 8.76. The maximum Gasteiger partial charge on any atom is 0.164 e. The molecular weight excluding hydrogens is 150 g/mol. The second-order valence-electron chi connectivity index (χ2n) is 4.17. The maximum absolute atomic E-state index is 11.3. The lowest BCUT2D eigenvalue weighted by molar-refractivity contribution is -0.532. The van der Waals surface area contributed by atoms with Crippen molar-refractivity contribution in [2.75, 3.05) is 0 Å². The molecule has 12 heavy (non-hydrogen) atoms. The highest BCUT2D eigenvalue weighted by Crippen LogP contribution is 2.05. The number of hydroxylamine groups is 1. The summed E-state index contributed by atoms with van der Waals surface area (Å²) in [6.07, 6.45) is 6.23. The standard InChI is InChI=1S/C10H21NO/c1-5-6-7-8-9-11(12)10(2,3)4/h9H,5-8H2,1-4H3. The summed E-state index contributed by atoms with van der Waals surface area (Å²) in [5.41, 5.74) is -0.272. The number of nitrogens with zero attached hydrogens (tertiary/aromatic N) is 1. The van der Waals surface area contributed by atoms with E-state index in [1.165, 1.54) is 12.8 Å². The first-order valence-electron chi connectivity index (χ1n) is 4.78. The average molecular weight is 171 g/mol. The summed E-state index contributed by atoms with van der Waals surface area (Å²) in [7, 11) is 0. The molecule has 0 radical (unpaired) electrons.